The van der Waals surface area contributed by atoms with Gasteiger partial charge in [-0.3, -0.25) is 4.79 Å². The number of halogens is 1. The van der Waals surface area contributed by atoms with E-state index in [9.17, 15) is 9.18 Å². The zero-order valence-corrected chi connectivity index (χ0v) is 11.5. The number of thiazole rings is 1. The highest BCUT2D eigenvalue weighted by Gasteiger charge is 2.14. The Morgan fingerprint density at radius 1 is 1.47 bits per heavy atom. The number of nitrogens with zero attached hydrogens (tertiary/aromatic N) is 1. The maximum Gasteiger partial charge on any atom is 0.254 e. The van der Waals surface area contributed by atoms with Crippen LogP contribution in [0.3, 0.4) is 0 Å². The van der Waals surface area contributed by atoms with Gasteiger partial charge in [-0.15, -0.1) is 11.3 Å². The predicted octanol–water partition coefficient (Wildman–Crippen LogP) is 2.41. The van der Waals surface area contributed by atoms with Crippen molar-refractivity contribution in [1.29, 1.82) is 0 Å². The van der Waals surface area contributed by atoms with Crippen LogP contribution >= 0.6 is 11.3 Å². The number of aromatic nitrogens is 1. The maximum atomic E-state index is 13.8. The van der Waals surface area contributed by atoms with Crippen molar-refractivity contribution >= 4 is 22.9 Å². The van der Waals surface area contributed by atoms with E-state index in [0.29, 0.717) is 11.3 Å². The highest BCUT2D eigenvalue weighted by Crippen LogP contribution is 2.17. The first kappa shape index (κ1) is 13.5. The molecule has 0 saturated heterocycles. The number of carbonyl (C=O) groups excluding carboxylic acids is 1. The summed E-state index contributed by atoms with van der Waals surface area (Å²) in [5.41, 5.74) is 7.21. The first-order valence-electron chi connectivity index (χ1n) is 5.72. The van der Waals surface area contributed by atoms with Crippen LogP contribution in [0.2, 0.25) is 0 Å². The largest absolute Gasteiger partial charge is 0.399 e. The Morgan fingerprint density at radius 3 is 2.84 bits per heavy atom. The van der Waals surface area contributed by atoms with E-state index in [0.717, 1.165) is 10.7 Å². The first-order chi connectivity index (χ1) is 8.97. The molecule has 0 fully saturated rings. The summed E-state index contributed by atoms with van der Waals surface area (Å²) in [7, 11) is 0. The molecule has 0 bridgehead atoms. The number of benzene rings is 1. The fourth-order valence-electron chi connectivity index (χ4n) is 1.70. The standard InChI is InChI=1S/C13H14FN3OS/c1-7-3-9(15)4-10(12(7)14)13(18)16-5-11-17-8(2)6-19-11/h3-4,6H,5,15H2,1-2H3,(H,16,18). The number of aryl methyl sites for hydroxylation is 2. The van der Waals surface area contributed by atoms with Gasteiger partial charge in [-0.1, -0.05) is 0 Å². The second kappa shape index (κ2) is 5.36. The van der Waals surface area contributed by atoms with Gasteiger partial charge < -0.3 is 11.1 Å². The van der Waals surface area contributed by atoms with Gasteiger partial charge in [0.1, 0.15) is 10.8 Å². The van der Waals surface area contributed by atoms with Crippen LogP contribution in [0.25, 0.3) is 0 Å². The van der Waals surface area contributed by atoms with Crippen LogP contribution in [0.4, 0.5) is 10.1 Å². The Hall–Kier alpha value is -1.95. The molecule has 19 heavy (non-hydrogen) atoms. The molecule has 0 unspecified atom stereocenters. The predicted molar refractivity (Wildman–Crippen MR) is 73.6 cm³/mol. The van der Waals surface area contributed by atoms with Crippen LogP contribution in [0.15, 0.2) is 17.5 Å². The molecule has 0 atom stereocenters. The lowest BCUT2D eigenvalue weighted by molar-refractivity contribution is 0.0946. The molecule has 2 rings (SSSR count). The van der Waals surface area contributed by atoms with Crippen LogP contribution in [-0.2, 0) is 6.54 Å². The van der Waals surface area contributed by atoms with Gasteiger partial charge in [0.25, 0.3) is 5.91 Å². The fraction of sp³-hybridized carbons (Fsp3) is 0.231. The van der Waals surface area contributed by atoms with Gasteiger partial charge in [0.05, 0.1) is 12.1 Å². The van der Waals surface area contributed by atoms with Gasteiger partial charge in [0.2, 0.25) is 0 Å². The Morgan fingerprint density at radius 2 is 2.21 bits per heavy atom. The van der Waals surface area contributed by atoms with Crippen molar-refractivity contribution in [2.75, 3.05) is 5.73 Å². The third-order valence-electron chi connectivity index (χ3n) is 2.59. The van der Waals surface area contributed by atoms with Gasteiger partial charge in [0, 0.05) is 16.8 Å². The van der Waals surface area contributed by atoms with Crippen LogP contribution in [-0.4, -0.2) is 10.9 Å². The van der Waals surface area contributed by atoms with Crippen LogP contribution in [0.5, 0.6) is 0 Å². The summed E-state index contributed by atoms with van der Waals surface area (Å²) in [6, 6.07) is 2.83. The van der Waals surface area contributed by atoms with E-state index in [-0.39, 0.29) is 12.1 Å². The van der Waals surface area contributed by atoms with Crippen molar-refractivity contribution in [1.82, 2.24) is 10.3 Å². The Balaban J connectivity index is 2.12. The first-order valence-corrected chi connectivity index (χ1v) is 6.60. The average Bonchev–Trinajstić information content (AvgIpc) is 2.76. The molecule has 2 aromatic rings. The number of nitrogens with two attached hydrogens (primary N) is 1. The molecular formula is C13H14FN3OS. The summed E-state index contributed by atoms with van der Waals surface area (Å²) < 4.78 is 13.8. The van der Waals surface area contributed by atoms with E-state index in [1.807, 2.05) is 12.3 Å². The van der Waals surface area contributed by atoms with Crippen molar-refractivity contribution < 1.29 is 9.18 Å². The van der Waals surface area contributed by atoms with E-state index >= 15 is 0 Å². The van der Waals surface area contributed by atoms with Gasteiger partial charge >= 0.3 is 0 Å². The minimum atomic E-state index is -0.540. The van der Waals surface area contributed by atoms with E-state index in [4.69, 9.17) is 5.73 Å². The maximum absolute atomic E-state index is 13.8. The molecule has 1 aromatic carbocycles. The molecule has 0 aliphatic rings. The minimum absolute atomic E-state index is 0.0363. The molecule has 1 amide bonds. The summed E-state index contributed by atoms with van der Waals surface area (Å²) in [4.78, 5) is 16.1. The third kappa shape index (κ3) is 3.08. The summed E-state index contributed by atoms with van der Waals surface area (Å²) >= 11 is 1.45. The van der Waals surface area contributed by atoms with Crippen molar-refractivity contribution in [3.8, 4) is 0 Å². The molecule has 6 heteroatoms. The lowest BCUT2D eigenvalue weighted by atomic mass is 10.1. The average molecular weight is 279 g/mol. The lowest BCUT2D eigenvalue weighted by Crippen LogP contribution is -2.24. The number of nitrogens with one attached hydrogen (secondary N) is 1. The zero-order valence-electron chi connectivity index (χ0n) is 10.7. The van der Waals surface area contributed by atoms with Crippen molar-refractivity contribution in [2.24, 2.45) is 0 Å². The van der Waals surface area contributed by atoms with E-state index in [2.05, 4.69) is 10.3 Å². The quantitative estimate of drug-likeness (QED) is 0.848. The summed E-state index contributed by atoms with van der Waals surface area (Å²) in [5, 5.41) is 5.32. The molecular weight excluding hydrogens is 265 g/mol. The van der Waals surface area contributed by atoms with E-state index in [1.54, 1.807) is 6.92 Å². The van der Waals surface area contributed by atoms with Crippen molar-refractivity contribution in [3.63, 3.8) is 0 Å². The van der Waals surface area contributed by atoms with Gasteiger partial charge in [0.15, 0.2) is 0 Å². The summed E-state index contributed by atoms with van der Waals surface area (Å²) in [5.74, 6) is -1.03. The summed E-state index contributed by atoms with van der Waals surface area (Å²) in [6.07, 6.45) is 0. The molecule has 0 saturated carbocycles. The monoisotopic (exact) mass is 279 g/mol. The number of carbonyl (C=O) groups is 1. The molecule has 1 aromatic heterocycles. The molecule has 0 aliphatic heterocycles. The molecule has 3 N–H and O–H groups in total. The Bertz CT molecular complexity index is 624. The number of hydrogen-bond acceptors (Lipinski definition) is 4. The molecule has 0 aliphatic carbocycles. The Labute approximate surface area is 114 Å². The van der Waals surface area contributed by atoms with E-state index < -0.39 is 11.7 Å². The van der Waals surface area contributed by atoms with Crippen LogP contribution in [0, 0.1) is 19.7 Å². The van der Waals surface area contributed by atoms with E-state index in [1.165, 1.54) is 23.5 Å². The second-order valence-corrected chi connectivity index (χ2v) is 5.21. The molecule has 1 heterocycles. The topological polar surface area (TPSA) is 68.0 Å². The number of rotatable bonds is 3. The Kier molecular flexibility index (Phi) is 3.80. The SMILES string of the molecule is Cc1csc(CNC(=O)c2cc(N)cc(C)c2F)n1. The highest BCUT2D eigenvalue weighted by atomic mass is 32.1. The third-order valence-corrected chi connectivity index (χ3v) is 3.55. The molecule has 0 radical (unpaired) electrons. The lowest BCUT2D eigenvalue weighted by Gasteiger charge is -2.07. The smallest absolute Gasteiger partial charge is 0.254 e. The van der Waals surface area contributed by atoms with Gasteiger partial charge in [-0.2, -0.15) is 0 Å². The van der Waals surface area contributed by atoms with Gasteiger partial charge in [-0.05, 0) is 31.5 Å². The van der Waals surface area contributed by atoms with Crippen molar-refractivity contribution in [3.05, 3.63) is 45.2 Å². The normalized spacial score (nSPS) is 10.5. The molecule has 100 valence electrons. The number of anilines is 1. The fourth-order valence-corrected chi connectivity index (χ4v) is 2.41. The number of nitrogen functional groups attached to an aromatic ring is 1. The summed E-state index contributed by atoms with van der Waals surface area (Å²) in [6.45, 7) is 3.74. The highest BCUT2D eigenvalue weighted by molar-refractivity contribution is 7.09. The molecule has 0 spiro atoms. The minimum Gasteiger partial charge on any atom is -0.399 e. The number of hydrogen-bond donors (Lipinski definition) is 2. The van der Waals surface area contributed by atoms with Crippen LogP contribution in [0.1, 0.15) is 26.6 Å². The number of amides is 1. The second-order valence-electron chi connectivity index (χ2n) is 4.26. The zero-order chi connectivity index (χ0) is 14.0. The van der Waals surface area contributed by atoms with Gasteiger partial charge in [-0.25, -0.2) is 9.37 Å². The van der Waals surface area contributed by atoms with Crippen molar-refractivity contribution in [2.45, 2.75) is 20.4 Å². The molecule has 4 nitrogen and oxygen atoms in total. The van der Waals surface area contributed by atoms with Crippen LogP contribution < -0.4 is 11.1 Å².